The van der Waals surface area contributed by atoms with Gasteiger partial charge in [0.1, 0.15) is 5.75 Å². The van der Waals surface area contributed by atoms with E-state index in [-0.39, 0.29) is 17.3 Å². The summed E-state index contributed by atoms with van der Waals surface area (Å²) in [5.41, 5.74) is 3.42. The lowest BCUT2D eigenvalue weighted by Gasteiger charge is -2.23. The first-order valence-electron chi connectivity index (χ1n) is 19.2. The summed E-state index contributed by atoms with van der Waals surface area (Å²) >= 11 is 0. The molecule has 0 unspecified atom stereocenters. The van der Waals surface area contributed by atoms with Gasteiger partial charge in [0.15, 0.2) is 5.78 Å². The summed E-state index contributed by atoms with van der Waals surface area (Å²) < 4.78 is 24.9. The van der Waals surface area contributed by atoms with E-state index in [9.17, 15) is 9.59 Å². The van der Waals surface area contributed by atoms with E-state index in [1.165, 1.54) is 5.69 Å². The summed E-state index contributed by atoms with van der Waals surface area (Å²) in [6.45, 7) is 15.4. The van der Waals surface area contributed by atoms with E-state index in [2.05, 4.69) is 54.9 Å². The largest absolute Gasteiger partial charge is 0.494 e. The van der Waals surface area contributed by atoms with Gasteiger partial charge in [-0.3, -0.25) is 9.59 Å². The van der Waals surface area contributed by atoms with Gasteiger partial charge >= 0.3 is 5.97 Å². The van der Waals surface area contributed by atoms with Crippen molar-refractivity contribution in [2.45, 2.75) is 124 Å². The topological polar surface area (TPSA) is 114 Å². The van der Waals surface area contributed by atoms with Crippen LogP contribution in [0.15, 0.2) is 24.3 Å². The van der Waals surface area contributed by atoms with Crippen LogP contribution in [0.1, 0.15) is 121 Å². The Morgan fingerprint density at radius 3 is 2.32 bits per heavy atom. The highest BCUT2D eigenvalue weighted by Gasteiger charge is 2.50. The van der Waals surface area contributed by atoms with Crippen LogP contribution >= 0.6 is 0 Å². The van der Waals surface area contributed by atoms with Crippen molar-refractivity contribution in [3.8, 4) is 5.75 Å². The third-order valence-electron chi connectivity index (χ3n) is 11.1. The van der Waals surface area contributed by atoms with Crippen molar-refractivity contribution < 1.29 is 28.5 Å². The molecule has 0 bridgehead atoms. The van der Waals surface area contributed by atoms with E-state index in [0.717, 1.165) is 87.9 Å². The molecule has 10 heteroatoms. The van der Waals surface area contributed by atoms with E-state index >= 15 is 0 Å². The summed E-state index contributed by atoms with van der Waals surface area (Å²) in [7, 11) is 1.96. The van der Waals surface area contributed by atoms with Gasteiger partial charge in [0.05, 0.1) is 37.8 Å². The number of Topliss-reactive ketones (excluding diaryl/α,β-unsaturated/α-hetero) is 1. The number of carbonyl (C=O) groups is 2. The fourth-order valence-electron chi connectivity index (χ4n) is 6.66. The molecule has 0 saturated heterocycles. The van der Waals surface area contributed by atoms with Crippen molar-refractivity contribution >= 4 is 11.8 Å². The monoisotopic (exact) mass is 696 g/mol. The second-order valence-corrected chi connectivity index (χ2v) is 15.7. The maximum absolute atomic E-state index is 12.8. The molecule has 0 aliphatic heterocycles. The van der Waals surface area contributed by atoms with Gasteiger partial charge < -0.3 is 24.3 Å². The lowest BCUT2D eigenvalue weighted by atomic mass is 9.87. The first-order valence-corrected chi connectivity index (χ1v) is 19.2. The van der Waals surface area contributed by atoms with Gasteiger partial charge in [-0.1, -0.05) is 32.4 Å². The van der Waals surface area contributed by atoms with Crippen molar-refractivity contribution in [3.63, 3.8) is 0 Å². The van der Waals surface area contributed by atoms with Crippen LogP contribution in [0.25, 0.3) is 0 Å². The molecule has 0 spiro atoms. The number of aromatic nitrogens is 3. The van der Waals surface area contributed by atoms with Crippen LogP contribution in [-0.2, 0) is 38.4 Å². The third-order valence-corrected chi connectivity index (χ3v) is 11.1. The zero-order valence-electron chi connectivity index (χ0n) is 31.8. The number of nitrogens with one attached hydrogen (secondary N) is 1. The number of hydrogen-bond acceptors (Lipinski definition) is 9. The summed E-state index contributed by atoms with van der Waals surface area (Å²) in [6, 6.07) is 7.50. The Kier molecular flexibility index (Phi) is 15.7. The lowest BCUT2D eigenvalue weighted by molar-refractivity contribution is -0.144. The van der Waals surface area contributed by atoms with Crippen LogP contribution in [0.5, 0.6) is 5.75 Å². The smallest absolute Gasteiger partial charge is 0.305 e. The van der Waals surface area contributed by atoms with E-state index in [1.54, 1.807) is 0 Å². The number of hydrogen-bond donors (Lipinski definition) is 1. The normalized spacial score (nSPS) is 18.9. The minimum atomic E-state index is -0.129. The SMILES string of the molecule is CCC(C)(C)CCOCCOCCCC(=O)OC[C@@H]1[C@@H]2CCc3c(nnn3CCCCC(=O)c3ccc(OCCC(C)(C)NC)cc3)CC[C@@H]21. The van der Waals surface area contributed by atoms with Crippen molar-refractivity contribution in [2.75, 3.05) is 46.7 Å². The molecule has 4 rings (SSSR count). The zero-order chi connectivity index (χ0) is 36.0. The lowest BCUT2D eigenvalue weighted by Crippen LogP contribution is -2.37. The number of ketones is 1. The molecule has 2 aromatic rings. The molecule has 1 fully saturated rings. The summed E-state index contributed by atoms with van der Waals surface area (Å²) in [6.07, 6.45) is 10.4. The molecule has 10 nitrogen and oxygen atoms in total. The van der Waals surface area contributed by atoms with Gasteiger partial charge in [-0.05, 0) is 126 Å². The first kappa shape index (κ1) is 40.0. The standard InChI is InChI=1S/C40H64N4O6/c1-7-39(2,3)21-25-48-28-27-47-24-10-12-38(46)50-29-34-32-17-19-35-36(20-18-33(32)34)44(43-42-35)23-9-8-11-37(45)30-13-15-31(16-14-30)49-26-22-40(4,5)41-6/h13-16,32-34,41H,7-12,17-29H2,1-6H3/t32-,33+,34-/m0/s1. The maximum atomic E-state index is 12.8. The Hall–Kier alpha value is -2.82. The Bertz CT molecular complexity index is 1320. The number of fused-ring (bicyclic) bond motifs is 2. The number of ether oxygens (including phenoxy) is 4. The van der Waals surface area contributed by atoms with Crippen molar-refractivity contribution in [1.82, 2.24) is 20.3 Å². The zero-order valence-corrected chi connectivity index (χ0v) is 31.8. The molecular weight excluding hydrogens is 632 g/mol. The number of unbranched alkanes of at least 4 members (excludes halogenated alkanes) is 1. The molecule has 280 valence electrons. The molecule has 1 saturated carbocycles. The van der Waals surface area contributed by atoms with Crippen molar-refractivity contribution in [1.29, 1.82) is 0 Å². The molecule has 1 aromatic heterocycles. The van der Waals surface area contributed by atoms with Gasteiger partial charge in [-0.25, -0.2) is 4.68 Å². The van der Waals surface area contributed by atoms with Crippen LogP contribution in [0, 0.1) is 23.2 Å². The number of esters is 1. The molecular formula is C40H64N4O6. The number of aryl methyl sites for hydroxylation is 2. The predicted molar refractivity (Wildman–Crippen MR) is 196 cm³/mol. The molecule has 3 atom stereocenters. The van der Waals surface area contributed by atoms with Crippen LogP contribution in [0.4, 0.5) is 0 Å². The van der Waals surface area contributed by atoms with Crippen LogP contribution < -0.4 is 10.1 Å². The first-order chi connectivity index (χ1) is 24.0. The third kappa shape index (κ3) is 13.1. The molecule has 50 heavy (non-hydrogen) atoms. The molecule has 0 amide bonds. The summed E-state index contributed by atoms with van der Waals surface area (Å²) in [5, 5.41) is 12.3. The average Bonchev–Trinajstić information content (AvgIpc) is 3.61. The highest BCUT2D eigenvalue weighted by molar-refractivity contribution is 5.96. The molecule has 0 radical (unpaired) electrons. The van der Waals surface area contributed by atoms with E-state index in [0.29, 0.717) is 75.5 Å². The van der Waals surface area contributed by atoms with Crippen LogP contribution in [-0.4, -0.2) is 79.0 Å². The molecule has 1 aromatic carbocycles. The summed E-state index contributed by atoms with van der Waals surface area (Å²) in [5.74, 6) is 2.47. The van der Waals surface area contributed by atoms with Crippen LogP contribution in [0.2, 0.25) is 0 Å². The molecule has 2 aliphatic rings. The van der Waals surface area contributed by atoms with Gasteiger partial charge in [0.2, 0.25) is 0 Å². The number of benzene rings is 1. The Labute approximate surface area is 300 Å². The Morgan fingerprint density at radius 2 is 1.60 bits per heavy atom. The predicted octanol–water partition coefficient (Wildman–Crippen LogP) is 7.02. The minimum Gasteiger partial charge on any atom is -0.494 e. The van der Waals surface area contributed by atoms with Crippen LogP contribution in [0.3, 0.4) is 0 Å². The van der Waals surface area contributed by atoms with E-state index in [1.807, 2.05) is 31.3 Å². The average molecular weight is 697 g/mol. The second kappa shape index (κ2) is 19.7. The van der Waals surface area contributed by atoms with Gasteiger partial charge in [0.25, 0.3) is 0 Å². The van der Waals surface area contributed by atoms with E-state index < -0.39 is 0 Å². The second-order valence-electron chi connectivity index (χ2n) is 15.7. The molecule has 2 aliphatic carbocycles. The maximum Gasteiger partial charge on any atom is 0.305 e. The quantitative estimate of drug-likeness (QED) is 0.0703. The Morgan fingerprint density at radius 1 is 0.880 bits per heavy atom. The highest BCUT2D eigenvalue weighted by Crippen LogP contribution is 2.53. The summed E-state index contributed by atoms with van der Waals surface area (Å²) in [4.78, 5) is 25.2. The van der Waals surface area contributed by atoms with Crippen molar-refractivity contribution in [3.05, 3.63) is 41.2 Å². The highest BCUT2D eigenvalue weighted by atomic mass is 16.5. The molecule has 1 N–H and O–H groups in total. The van der Waals surface area contributed by atoms with E-state index in [4.69, 9.17) is 18.9 Å². The van der Waals surface area contributed by atoms with Gasteiger partial charge in [-0.15, -0.1) is 5.10 Å². The number of nitrogens with zero attached hydrogens (tertiary/aromatic N) is 3. The van der Waals surface area contributed by atoms with Gasteiger partial charge in [0, 0.05) is 43.7 Å². The fourth-order valence-corrected chi connectivity index (χ4v) is 6.66. The number of carbonyl (C=O) groups excluding carboxylic acids is 2. The minimum absolute atomic E-state index is 0.0280. The fraction of sp³-hybridized carbons (Fsp3) is 0.750. The molecule has 1 heterocycles. The van der Waals surface area contributed by atoms with Crippen molar-refractivity contribution in [2.24, 2.45) is 23.2 Å². The van der Waals surface area contributed by atoms with Gasteiger partial charge in [-0.2, -0.15) is 0 Å². The number of rotatable bonds is 24. The Balaban J connectivity index is 1.06.